The van der Waals surface area contributed by atoms with E-state index in [1.54, 1.807) is 11.3 Å². The van der Waals surface area contributed by atoms with Crippen molar-refractivity contribution >= 4 is 40.2 Å². The summed E-state index contributed by atoms with van der Waals surface area (Å²) in [5, 5.41) is 4.67. The topological polar surface area (TPSA) is 19.4 Å². The zero-order chi connectivity index (χ0) is 17.9. The van der Waals surface area contributed by atoms with Crippen molar-refractivity contribution in [3.63, 3.8) is 0 Å². The number of piperazine rings is 1. The van der Waals surface area contributed by atoms with Crippen LogP contribution in [0.2, 0.25) is 10.0 Å². The van der Waals surface area contributed by atoms with Crippen molar-refractivity contribution in [3.8, 4) is 10.6 Å². The Morgan fingerprint density at radius 3 is 2.54 bits per heavy atom. The summed E-state index contributed by atoms with van der Waals surface area (Å²) in [6.07, 6.45) is 0. The molecule has 0 atom stereocenters. The summed E-state index contributed by atoms with van der Waals surface area (Å²) in [6.45, 7) is 4.92. The van der Waals surface area contributed by atoms with E-state index in [4.69, 9.17) is 28.2 Å². The van der Waals surface area contributed by atoms with E-state index in [2.05, 4.69) is 21.2 Å². The van der Waals surface area contributed by atoms with Gasteiger partial charge in [-0.2, -0.15) is 0 Å². The van der Waals surface area contributed by atoms with Crippen molar-refractivity contribution in [2.45, 2.75) is 6.54 Å². The van der Waals surface area contributed by atoms with Crippen molar-refractivity contribution in [2.75, 3.05) is 31.1 Å². The number of rotatable bonds is 4. The zero-order valence-corrected chi connectivity index (χ0v) is 16.6. The molecule has 4 rings (SSSR count). The van der Waals surface area contributed by atoms with Gasteiger partial charge in [0.2, 0.25) is 0 Å². The minimum Gasteiger partial charge on any atom is -0.369 e. The average Bonchev–Trinajstić information content (AvgIpc) is 3.11. The van der Waals surface area contributed by atoms with Gasteiger partial charge in [0, 0.05) is 54.4 Å². The summed E-state index contributed by atoms with van der Waals surface area (Å²) in [5.41, 5.74) is 3.32. The highest BCUT2D eigenvalue weighted by Gasteiger charge is 2.18. The quantitative estimate of drug-likeness (QED) is 0.577. The monoisotopic (exact) mass is 403 g/mol. The van der Waals surface area contributed by atoms with Crippen LogP contribution in [0, 0.1) is 0 Å². The minimum atomic E-state index is 0.753. The molecule has 3 aromatic rings. The van der Waals surface area contributed by atoms with E-state index in [-0.39, 0.29) is 0 Å². The van der Waals surface area contributed by atoms with Gasteiger partial charge in [0.05, 0.1) is 10.7 Å². The number of hydrogen-bond acceptors (Lipinski definition) is 4. The molecule has 1 aromatic heterocycles. The molecule has 0 N–H and O–H groups in total. The molecule has 0 amide bonds. The molecule has 2 aromatic carbocycles. The van der Waals surface area contributed by atoms with Gasteiger partial charge in [0.15, 0.2) is 0 Å². The van der Waals surface area contributed by atoms with Gasteiger partial charge in [-0.05, 0) is 24.3 Å². The van der Waals surface area contributed by atoms with Crippen LogP contribution in [-0.2, 0) is 6.54 Å². The smallest absolute Gasteiger partial charge is 0.125 e. The molecular formula is C20H19Cl2N3S. The van der Waals surface area contributed by atoms with Crippen LogP contribution in [0.3, 0.4) is 0 Å². The summed E-state index contributed by atoms with van der Waals surface area (Å²) in [4.78, 5) is 9.62. The van der Waals surface area contributed by atoms with Crippen LogP contribution in [0.15, 0.2) is 53.9 Å². The van der Waals surface area contributed by atoms with Gasteiger partial charge in [0.1, 0.15) is 5.01 Å². The van der Waals surface area contributed by atoms with E-state index < -0.39 is 0 Å². The number of anilines is 1. The van der Waals surface area contributed by atoms with E-state index in [0.29, 0.717) is 0 Å². The SMILES string of the molecule is Clc1cccc(N2CCN(Cc3csc(-c4ccccc4Cl)n3)CC2)c1. The van der Waals surface area contributed by atoms with Crippen molar-refractivity contribution in [2.24, 2.45) is 0 Å². The number of thiazole rings is 1. The highest BCUT2D eigenvalue weighted by Crippen LogP contribution is 2.30. The molecule has 6 heteroatoms. The normalized spacial score (nSPS) is 15.4. The van der Waals surface area contributed by atoms with Crippen LogP contribution in [0.25, 0.3) is 10.6 Å². The van der Waals surface area contributed by atoms with Gasteiger partial charge < -0.3 is 4.90 Å². The van der Waals surface area contributed by atoms with Gasteiger partial charge in [-0.25, -0.2) is 4.98 Å². The highest BCUT2D eigenvalue weighted by molar-refractivity contribution is 7.13. The second kappa shape index (κ2) is 7.97. The molecule has 0 unspecified atom stereocenters. The summed E-state index contributed by atoms with van der Waals surface area (Å²) < 4.78 is 0. The van der Waals surface area contributed by atoms with Crippen LogP contribution < -0.4 is 4.90 Å². The highest BCUT2D eigenvalue weighted by atomic mass is 35.5. The number of hydrogen-bond donors (Lipinski definition) is 0. The lowest BCUT2D eigenvalue weighted by Gasteiger charge is -2.35. The second-order valence-corrected chi connectivity index (χ2v) is 8.07. The number of halogens is 2. The minimum absolute atomic E-state index is 0.753. The molecular weight excluding hydrogens is 385 g/mol. The third kappa shape index (κ3) is 4.04. The fourth-order valence-corrected chi connectivity index (χ4v) is 4.52. The first kappa shape index (κ1) is 17.8. The molecule has 3 nitrogen and oxygen atoms in total. The molecule has 134 valence electrons. The van der Waals surface area contributed by atoms with Gasteiger partial charge in [-0.3, -0.25) is 4.90 Å². The van der Waals surface area contributed by atoms with Crippen LogP contribution in [0.4, 0.5) is 5.69 Å². The van der Waals surface area contributed by atoms with Crippen molar-refractivity contribution in [3.05, 3.63) is 69.7 Å². The Morgan fingerprint density at radius 1 is 0.962 bits per heavy atom. The maximum absolute atomic E-state index is 6.29. The summed E-state index contributed by atoms with van der Waals surface area (Å²) in [5.74, 6) is 0. The van der Waals surface area contributed by atoms with Crippen LogP contribution in [0.1, 0.15) is 5.69 Å². The molecule has 0 saturated carbocycles. The standard InChI is InChI=1S/C20H19Cl2N3S/c21-15-4-3-5-17(12-15)25-10-8-24(9-11-25)13-16-14-26-20(23-16)18-6-1-2-7-19(18)22/h1-7,12,14H,8-11,13H2. The molecule has 0 spiro atoms. The molecule has 0 radical (unpaired) electrons. The van der Waals surface area contributed by atoms with E-state index in [1.807, 2.05) is 42.5 Å². The Bertz CT molecular complexity index is 888. The molecule has 26 heavy (non-hydrogen) atoms. The Kier molecular flexibility index (Phi) is 5.46. The van der Waals surface area contributed by atoms with Crippen molar-refractivity contribution in [1.82, 2.24) is 9.88 Å². The van der Waals surface area contributed by atoms with Gasteiger partial charge >= 0.3 is 0 Å². The maximum Gasteiger partial charge on any atom is 0.125 e. The summed E-state index contributed by atoms with van der Waals surface area (Å²) in [7, 11) is 0. The predicted molar refractivity (Wildman–Crippen MR) is 112 cm³/mol. The lowest BCUT2D eigenvalue weighted by molar-refractivity contribution is 0.247. The Hall–Kier alpha value is -1.59. The third-order valence-electron chi connectivity index (χ3n) is 4.59. The van der Waals surface area contributed by atoms with Crippen LogP contribution in [0.5, 0.6) is 0 Å². The van der Waals surface area contributed by atoms with Gasteiger partial charge in [-0.15, -0.1) is 11.3 Å². The predicted octanol–water partition coefficient (Wildman–Crippen LogP) is 5.44. The summed E-state index contributed by atoms with van der Waals surface area (Å²) >= 11 is 14.1. The first-order valence-electron chi connectivity index (χ1n) is 8.61. The lowest BCUT2D eigenvalue weighted by atomic mass is 10.2. The molecule has 1 aliphatic rings. The number of benzene rings is 2. The molecule has 1 aliphatic heterocycles. The largest absolute Gasteiger partial charge is 0.369 e. The molecule has 0 aliphatic carbocycles. The van der Waals surface area contributed by atoms with Crippen LogP contribution >= 0.6 is 34.5 Å². The second-order valence-electron chi connectivity index (χ2n) is 6.37. The summed E-state index contributed by atoms with van der Waals surface area (Å²) in [6, 6.07) is 16.0. The fraction of sp³-hybridized carbons (Fsp3) is 0.250. The van der Waals surface area contributed by atoms with E-state index in [9.17, 15) is 0 Å². The molecule has 1 fully saturated rings. The van der Waals surface area contributed by atoms with Crippen molar-refractivity contribution in [1.29, 1.82) is 0 Å². The first-order valence-corrected chi connectivity index (χ1v) is 10.2. The average molecular weight is 404 g/mol. The fourth-order valence-electron chi connectivity index (χ4n) is 3.20. The molecule has 0 bridgehead atoms. The van der Waals surface area contributed by atoms with Crippen molar-refractivity contribution < 1.29 is 0 Å². The third-order valence-corrected chi connectivity index (χ3v) is 6.08. The van der Waals surface area contributed by atoms with E-state index in [1.165, 1.54) is 5.69 Å². The van der Waals surface area contributed by atoms with E-state index in [0.717, 1.165) is 59.0 Å². The molecule has 2 heterocycles. The first-order chi connectivity index (χ1) is 12.7. The van der Waals surface area contributed by atoms with E-state index >= 15 is 0 Å². The lowest BCUT2D eigenvalue weighted by Crippen LogP contribution is -2.46. The Labute approximate surface area is 167 Å². The number of aromatic nitrogens is 1. The number of nitrogens with zero attached hydrogens (tertiary/aromatic N) is 3. The van der Waals surface area contributed by atoms with Gasteiger partial charge in [0.25, 0.3) is 0 Å². The Balaban J connectivity index is 1.37. The zero-order valence-electron chi connectivity index (χ0n) is 14.2. The van der Waals surface area contributed by atoms with Gasteiger partial charge in [-0.1, -0.05) is 47.5 Å². The molecule has 1 saturated heterocycles. The Morgan fingerprint density at radius 2 is 1.77 bits per heavy atom. The van der Waals surface area contributed by atoms with Crippen LogP contribution in [-0.4, -0.2) is 36.1 Å². The maximum atomic E-state index is 6.29.